The summed E-state index contributed by atoms with van der Waals surface area (Å²) in [5, 5.41) is 3.06. The standard InChI is InChI=1S/C11H21NO/c1-10(2,3)12-9(13)11(4)7-5-6-8-11/h5-8H2,1-4H3,(H,12,13). The molecule has 0 aromatic carbocycles. The summed E-state index contributed by atoms with van der Waals surface area (Å²) in [7, 11) is 0. The van der Waals surface area contributed by atoms with E-state index in [2.05, 4.69) is 12.2 Å². The van der Waals surface area contributed by atoms with Gasteiger partial charge in [-0.3, -0.25) is 4.79 Å². The van der Waals surface area contributed by atoms with Crippen molar-refractivity contribution in [2.24, 2.45) is 5.41 Å². The van der Waals surface area contributed by atoms with E-state index in [1.54, 1.807) is 0 Å². The van der Waals surface area contributed by atoms with Crippen LogP contribution in [0.2, 0.25) is 0 Å². The zero-order chi connectivity index (χ0) is 10.1. The molecule has 0 aliphatic heterocycles. The van der Waals surface area contributed by atoms with Crippen LogP contribution in [0.15, 0.2) is 0 Å². The van der Waals surface area contributed by atoms with E-state index < -0.39 is 0 Å². The Morgan fingerprint density at radius 2 is 1.69 bits per heavy atom. The van der Waals surface area contributed by atoms with Crippen LogP contribution in [0.1, 0.15) is 53.4 Å². The molecule has 0 bridgehead atoms. The van der Waals surface area contributed by atoms with Crippen molar-refractivity contribution in [2.75, 3.05) is 0 Å². The lowest BCUT2D eigenvalue weighted by molar-refractivity contribution is -0.131. The van der Waals surface area contributed by atoms with E-state index in [4.69, 9.17) is 0 Å². The van der Waals surface area contributed by atoms with Crippen LogP contribution in [0.4, 0.5) is 0 Å². The summed E-state index contributed by atoms with van der Waals surface area (Å²) in [4.78, 5) is 11.9. The zero-order valence-electron chi connectivity index (χ0n) is 9.24. The molecule has 1 aliphatic carbocycles. The molecular weight excluding hydrogens is 162 g/mol. The number of carbonyl (C=O) groups is 1. The van der Waals surface area contributed by atoms with Gasteiger partial charge in [0.1, 0.15) is 0 Å². The van der Waals surface area contributed by atoms with Crippen molar-refractivity contribution in [1.82, 2.24) is 5.32 Å². The van der Waals surface area contributed by atoms with Crippen molar-refractivity contribution >= 4 is 5.91 Å². The molecule has 1 rings (SSSR count). The summed E-state index contributed by atoms with van der Waals surface area (Å²) in [6.07, 6.45) is 4.51. The second-order valence-corrected chi connectivity index (χ2v) is 5.47. The van der Waals surface area contributed by atoms with Crippen LogP contribution in [0.3, 0.4) is 0 Å². The highest BCUT2D eigenvalue weighted by molar-refractivity contribution is 5.83. The quantitative estimate of drug-likeness (QED) is 0.665. The lowest BCUT2D eigenvalue weighted by atomic mass is 9.87. The van der Waals surface area contributed by atoms with Crippen LogP contribution in [0.5, 0.6) is 0 Å². The normalized spacial score (nSPS) is 21.5. The van der Waals surface area contributed by atoms with Gasteiger partial charge in [0.25, 0.3) is 0 Å². The average Bonchev–Trinajstić information content (AvgIpc) is 2.33. The van der Waals surface area contributed by atoms with Crippen LogP contribution in [-0.4, -0.2) is 11.4 Å². The zero-order valence-corrected chi connectivity index (χ0v) is 9.24. The van der Waals surface area contributed by atoms with Crippen molar-refractivity contribution in [3.8, 4) is 0 Å². The highest BCUT2D eigenvalue weighted by Crippen LogP contribution is 2.37. The van der Waals surface area contributed by atoms with Crippen molar-refractivity contribution in [1.29, 1.82) is 0 Å². The molecule has 1 amide bonds. The first kappa shape index (κ1) is 10.6. The molecule has 1 saturated carbocycles. The number of carbonyl (C=O) groups excluding carboxylic acids is 1. The fraction of sp³-hybridized carbons (Fsp3) is 0.909. The molecule has 1 aliphatic rings. The van der Waals surface area contributed by atoms with Crippen LogP contribution >= 0.6 is 0 Å². The highest BCUT2D eigenvalue weighted by atomic mass is 16.2. The van der Waals surface area contributed by atoms with Crippen molar-refractivity contribution in [2.45, 2.75) is 58.9 Å². The number of nitrogens with one attached hydrogen (secondary N) is 1. The third-order valence-corrected chi connectivity index (χ3v) is 2.74. The molecule has 0 aromatic heterocycles. The van der Waals surface area contributed by atoms with Gasteiger partial charge in [-0.2, -0.15) is 0 Å². The second kappa shape index (κ2) is 3.32. The SMILES string of the molecule is CC(C)(C)NC(=O)C1(C)CCCC1. The van der Waals surface area contributed by atoms with E-state index in [-0.39, 0.29) is 16.9 Å². The Kier molecular flexibility index (Phi) is 2.69. The van der Waals surface area contributed by atoms with Crippen molar-refractivity contribution in [3.05, 3.63) is 0 Å². The summed E-state index contributed by atoms with van der Waals surface area (Å²) >= 11 is 0. The molecule has 76 valence electrons. The number of hydrogen-bond donors (Lipinski definition) is 1. The lowest BCUT2D eigenvalue weighted by Crippen LogP contribution is -2.47. The minimum Gasteiger partial charge on any atom is -0.351 e. The summed E-state index contributed by atoms with van der Waals surface area (Å²) in [5.74, 6) is 0.234. The topological polar surface area (TPSA) is 29.1 Å². The minimum absolute atomic E-state index is 0.0900. The Labute approximate surface area is 81.1 Å². The molecule has 1 N–H and O–H groups in total. The van der Waals surface area contributed by atoms with Crippen LogP contribution in [0.25, 0.3) is 0 Å². The van der Waals surface area contributed by atoms with Crippen molar-refractivity contribution < 1.29 is 4.79 Å². The predicted molar refractivity (Wildman–Crippen MR) is 54.5 cm³/mol. The van der Waals surface area contributed by atoms with Gasteiger partial charge < -0.3 is 5.32 Å². The Morgan fingerprint density at radius 1 is 1.23 bits per heavy atom. The Hall–Kier alpha value is -0.530. The summed E-state index contributed by atoms with van der Waals surface area (Å²) in [6, 6.07) is 0. The summed E-state index contributed by atoms with van der Waals surface area (Å²) in [5.41, 5.74) is -0.185. The van der Waals surface area contributed by atoms with Gasteiger partial charge in [0.2, 0.25) is 5.91 Å². The largest absolute Gasteiger partial charge is 0.351 e. The molecule has 0 radical (unpaired) electrons. The van der Waals surface area contributed by atoms with E-state index in [1.807, 2.05) is 20.8 Å². The Morgan fingerprint density at radius 3 is 2.08 bits per heavy atom. The molecule has 13 heavy (non-hydrogen) atoms. The fourth-order valence-corrected chi connectivity index (χ4v) is 1.87. The van der Waals surface area contributed by atoms with Gasteiger partial charge in [0, 0.05) is 11.0 Å². The Balaban J connectivity index is 2.57. The fourth-order valence-electron chi connectivity index (χ4n) is 1.87. The number of hydrogen-bond acceptors (Lipinski definition) is 1. The number of rotatable bonds is 1. The summed E-state index contributed by atoms with van der Waals surface area (Å²) in [6.45, 7) is 8.18. The van der Waals surface area contributed by atoms with Crippen LogP contribution in [0, 0.1) is 5.41 Å². The third kappa shape index (κ3) is 2.71. The molecule has 0 saturated heterocycles. The first-order valence-electron chi connectivity index (χ1n) is 5.16. The van der Waals surface area contributed by atoms with Gasteiger partial charge in [0.15, 0.2) is 0 Å². The van der Waals surface area contributed by atoms with Gasteiger partial charge in [-0.25, -0.2) is 0 Å². The minimum atomic E-state index is -0.0946. The molecule has 1 fully saturated rings. The third-order valence-electron chi connectivity index (χ3n) is 2.74. The maximum absolute atomic E-state index is 11.9. The van der Waals surface area contributed by atoms with Gasteiger partial charge in [0.05, 0.1) is 0 Å². The second-order valence-electron chi connectivity index (χ2n) is 5.47. The van der Waals surface area contributed by atoms with E-state index in [0.29, 0.717) is 0 Å². The summed E-state index contributed by atoms with van der Waals surface area (Å²) < 4.78 is 0. The molecule has 0 atom stereocenters. The highest BCUT2D eigenvalue weighted by Gasteiger charge is 2.37. The predicted octanol–water partition coefficient (Wildman–Crippen LogP) is 2.48. The van der Waals surface area contributed by atoms with Gasteiger partial charge >= 0.3 is 0 Å². The lowest BCUT2D eigenvalue weighted by Gasteiger charge is -2.28. The van der Waals surface area contributed by atoms with Crippen LogP contribution < -0.4 is 5.32 Å². The smallest absolute Gasteiger partial charge is 0.226 e. The van der Waals surface area contributed by atoms with E-state index in [1.165, 1.54) is 12.8 Å². The average molecular weight is 183 g/mol. The first-order valence-corrected chi connectivity index (χ1v) is 5.16. The van der Waals surface area contributed by atoms with Crippen molar-refractivity contribution in [3.63, 3.8) is 0 Å². The maximum atomic E-state index is 11.9. The van der Waals surface area contributed by atoms with E-state index in [0.717, 1.165) is 12.8 Å². The molecule has 0 aromatic rings. The monoisotopic (exact) mass is 183 g/mol. The number of amides is 1. The first-order chi connectivity index (χ1) is 5.83. The van der Waals surface area contributed by atoms with Crippen LogP contribution in [-0.2, 0) is 4.79 Å². The van der Waals surface area contributed by atoms with Gasteiger partial charge in [-0.05, 0) is 33.6 Å². The molecule has 2 heteroatoms. The van der Waals surface area contributed by atoms with Gasteiger partial charge in [-0.15, -0.1) is 0 Å². The molecule has 2 nitrogen and oxygen atoms in total. The molecule has 0 spiro atoms. The van der Waals surface area contributed by atoms with Gasteiger partial charge in [-0.1, -0.05) is 19.8 Å². The molecular formula is C11H21NO. The molecule has 0 heterocycles. The Bertz CT molecular complexity index is 197. The van der Waals surface area contributed by atoms with E-state index >= 15 is 0 Å². The molecule has 0 unspecified atom stereocenters. The maximum Gasteiger partial charge on any atom is 0.226 e. The van der Waals surface area contributed by atoms with E-state index in [9.17, 15) is 4.79 Å².